The normalized spacial score (nSPS) is 14.9. The molecule has 0 radical (unpaired) electrons. The van der Waals surface area contributed by atoms with Crippen LogP contribution in [0.2, 0.25) is 5.15 Å². The molecule has 4 rings (SSSR count). The molecule has 1 atom stereocenters. The van der Waals surface area contributed by atoms with Crippen LogP contribution < -0.4 is 14.5 Å². The van der Waals surface area contributed by atoms with Crippen LogP contribution in [-0.2, 0) is 0 Å². The molecule has 1 aliphatic heterocycles. The molecule has 0 saturated carbocycles. The van der Waals surface area contributed by atoms with Crippen molar-refractivity contribution in [1.82, 2.24) is 14.9 Å². The summed E-state index contributed by atoms with van der Waals surface area (Å²) >= 11 is 5.82. The largest absolute Gasteiger partial charge is 0.480 e. The fourth-order valence-electron chi connectivity index (χ4n) is 3.42. The minimum absolute atomic E-state index is 0.0434. The second-order valence-corrected chi connectivity index (χ2v) is 7.96. The third kappa shape index (κ3) is 5.17. The molecule has 1 aliphatic rings. The Labute approximate surface area is 202 Å². The molecule has 0 spiro atoms. The Morgan fingerprint density at radius 2 is 1.97 bits per heavy atom. The fraction of sp³-hybridized carbons (Fsp3) is 0.318. The number of rotatable bonds is 7. The molecular weight excluding hydrogens is 494 g/mol. The number of ether oxygens (including phenoxy) is 2. The van der Waals surface area contributed by atoms with Crippen molar-refractivity contribution >= 4 is 33.9 Å². The molecule has 1 unspecified atom stereocenters. The van der Waals surface area contributed by atoms with E-state index in [1.807, 2.05) is 6.92 Å². The second-order valence-electron chi connectivity index (χ2n) is 7.57. The van der Waals surface area contributed by atoms with Crippen LogP contribution in [0.1, 0.15) is 13.8 Å². The van der Waals surface area contributed by atoms with Crippen molar-refractivity contribution in [2.24, 2.45) is 5.10 Å². The predicted molar refractivity (Wildman–Crippen MR) is 121 cm³/mol. The third-order valence-corrected chi connectivity index (χ3v) is 5.47. The minimum atomic E-state index is -4.65. The molecule has 35 heavy (non-hydrogen) atoms. The molecule has 0 bridgehead atoms. The number of aliphatic hydroxyl groups is 1. The molecule has 3 heterocycles. The smallest absolute Gasteiger partial charge is 0.425 e. The Morgan fingerprint density at radius 1 is 1.20 bits per heavy atom. The van der Waals surface area contributed by atoms with E-state index in [2.05, 4.69) is 15.1 Å². The molecule has 8 nitrogen and oxygen atoms in total. The van der Waals surface area contributed by atoms with Gasteiger partial charge in [-0.3, -0.25) is 0 Å². The molecule has 1 aromatic carbocycles. The average Bonchev–Trinajstić information content (AvgIpc) is 3.24. The van der Waals surface area contributed by atoms with Crippen molar-refractivity contribution in [2.45, 2.75) is 26.1 Å². The molecule has 13 heteroatoms. The summed E-state index contributed by atoms with van der Waals surface area (Å²) in [6.07, 6.45) is -4.59. The number of amidine groups is 1. The molecular formula is C22H20ClF4N5O3. The summed E-state index contributed by atoms with van der Waals surface area (Å²) in [4.78, 5) is 9.50. The zero-order valence-electron chi connectivity index (χ0n) is 18.6. The number of hydrogen-bond acceptors (Lipinski definition) is 8. The Hall–Kier alpha value is -3.38. The van der Waals surface area contributed by atoms with Crippen molar-refractivity contribution in [2.75, 3.05) is 24.8 Å². The molecule has 0 amide bonds. The number of benzene rings is 1. The van der Waals surface area contributed by atoms with Gasteiger partial charge in [0.25, 0.3) is 0 Å². The minimum Gasteiger partial charge on any atom is -0.480 e. The van der Waals surface area contributed by atoms with Crippen LogP contribution in [-0.4, -0.2) is 57.9 Å². The lowest BCUT2D eigenvalue weighted by Gasteiger charge is -2.23. The predicted octanol–water partition coefficient (Wildman–Crippen LogP) is 4.95. The van der Waals surface area contributed by atoms with Crippen LogP contribution in [0.3, 0.4) is 0 Å². The summed E-state index contributed by atoms with van der Waals surface area (Å²) in [7, 11) is 0. The highest BCUT2D eigenvalue weighted by atomic mass is 35.5. The number of alkyl halides is 3. The molecule has 186 valence electrons. The van der Waals surface area contributed by atoms with E-state index >= 15 is 0 Å². The van der Waals surface area contributed by atoms with Gasteiger partial charge in [0, 0.05) is 24.9 Å². The third-order valence-electron chi connectivity index (χ3n) is 5.26. The highest BCUT2D eigenvalue weighted by Gasteiger charge is 2.38. The number of halogens is 5. The number of hydrazone groups is 1. The van der Waals surface area contributed by atoms with Gasteiger partial charge in [0.2, 0.25) is 5.88 Å². The maximum absolute atomic E-state index is 14.2. The number of pyridine rings is 2. The number of likely N-dealkylation sites (N-methyl/N-ethyl adjacent to an activating group) is 1. The van der Waals surface area contributed by atoms with E-state index in [9.17, 15) is 22.7 Å². The van der Waals surface area contributed by atoms with Crippen molar-refractivity contribution in [3.8, 4) is 17.4 Å². The van der Waals surface area contributed by atoms with Gasteiger partial charge in [0.1, 0.15) is 24.2 Å². The summed E-state index contributed by atoms with van der Waals surface area (Å²) in [6, 6.07) is 5.70. The van der Waals surface area contributed by atoms with Crippen LogP contribution >= 0.6 is 11.6 Å². The summed E-state index contributed by atoms with van der Waals surface area (Å²) < 4.78 is 65.2. The fourth-order valence-corrected chi connectivity index (χ4v) is 3.57. The van der Waals surface area contributed by atoms with Crippen LogP contribution in [0, 0.1) is 5.82 Å². The number of nitrogens with zero attached hydrogens (tertiary/aromatic N) is 5. The van der Waals surface area contributed by atoms with Gasteiger partial charge >= 0.3 is 6.18 Å². The van der Waals surface area contributed by atoms with Gasteiger partial charge in [-0.1, -0.05) is 11.6 Å². The zero-order valence-corrected chi connectivity index (χ0v) is 19.3. The van der Waals surface area contributed by atoms with Crippen LogP contribution in [0.15, 0.2) is 41.8 Å². The molecule has 2 aromatic heterocycles. The van der Waals surface area contributed by atoms with E-state index in [0.717, 1.165) is 19.2 Å². The van der Waals surface area contributed by atoms with E-state index in [-0.39, 0.29) is 41.2 Å². The van der Waals surface area contributed by atoms with Gasteiger partial charge in [0.15, 0.2) is 23.5 Å². The van der Waals surface area contributed by atoms with E-state index in [1.54, 1.807) is 17.0 Å². The highest BCUT2D eigenvalue weighted by molar-refractivity contribution is 6.29. The Morgan fingerprint density at radius 3 is 2.63 bits per heavy atom. The SMILES string of the molecule is CCN1CN(c2cc(OC(C)C(F)(F)F)c3c(Oc4cc(Cl)ncc4F)nccc3c2)N=C1CO. The Balaban J connectivity index is 1.84. The van der Waals surface area contributed by atoms with E-state index in [0.29, 0.717) is 23.5 Å². The monoisotopic (exact) mass is 513 g/mol. The van der Waals surface area contributed by atoms with Crippen molar-refractivity contribution in [1.29, 1.82) is 0 Å². The first-order valence-electron chi connectivity index (χ1n) is 10.5. The number of anilines is 1. The van der Waals surface area contributed by atoms with Gasteiger partial charge in [-0.05, 0) is 31.4 Å². The zero-order chi connectivity index (χ0) is 25.3. The van der Waals surface area contributed by atoms with E-state index in [4.69, 9.17) is 21.1 Å². The average molecular weight is 514 g/mol. The molecule has 3 aromatic rings. The van der Waals surface area contributed by atoms with Crippen molar-refractivity contribution < 1.29 is 32.1 Å². The highest BCUT2D eigenvalue weighted by Crippen LogP contribution is 2.41. The lowest BCUT2D eigenvalue weighted by molar-refractivity contribution is -0.189. The first kappa shape index (κ1) is 24.7. The maximum atomic E-state index is 14.2. The van der Waals surface area contributed by atoms with Crippen molar-refractivity contribution in [3.63, 3.8) is 0 Å². The lowest BCUT2D eigenvalue weighted by atomic mass is 10.1. The van der Waals surface area contributed by atoms with Gasteiger partial charge in [-0.2, -0.15) is 18.3 Å². The van der Waals surface area contributed by atoms with Gasteiger partial charge in [-0.25, -0.2) is 19.4 Å². The standard InChI is InChI=1S/C22H20ClF4N5O3/c1-3-31-11-32(30-19(31)10-33)14-6-13-4-5-28-21(35-16-8-18(23)29-9-15(16)24)20(13)17(7-14)34-12(2)22(25,26)27/h4-9,12,33H,3,10-11H2,1-2H3. The van der Waals surface area contributed by atoms with E-state index in [1.165, 1.54) is 17.3 Å². The summed E-state index contributed by atoms with van der Waals surface area (Å²) in [6.45, 7) is 3.30. The first-order valence-corrected chi connectivity index (χ1v) is 10.8. The summed E-state index contributed by atoms with van der Waals surface area (Å²) in [5.74, 6) is -1.10. The topological polar surface area (TPSA) is 83.3 Å². The van der Waals surface area contributed by atoms with Gasteiger partial charge in [-0.15, -0.1) is 0 Å². The first-order chi connectivity index (χ1) is 16.6. The molecule has 1 N–H and O–H groups in total. The summed E-state index contributed by atoms with van der Waals surface area (Å²) in [5.41, 5.74) is 0.416. The van der Waals surface area contributed by atoms with E-state index < -0.39 is 18.1 Å². The molecule has 0 saturated heterocycles. The van der Waals surface area contributed by atoms with Gasteiger partial charge in [0.05, 0.1) is 17.3 Å². The maximum Gasteiger partial charge on any atom is 0.425 e. The Bertz CT molecular complexity index is 1270. The van der Waals surface area contributed by atoms with Gasteiger partial charge < -0.3 is 19.5 Å². The van der Waals surface area contributed by atoms with Crippen molar-refractivity contribution in [3.05, 3.63) is 47.6 Å². The molecule has 0 aliphatic carbocycles. The number of hydrogen-bond donors (Lipinski definition) is 1. The van der Waals surface area contributed by atoms with Crippen LogP contribution in [0.5, 0.6) is 17.4 Å². The number of aliphatic hydroxyl groups excluding tert-OH is 1. The van der Waals surface area contributed by atoms with Crippen LogP contribution in [0.4, 0.5) is 23.2 Å². The second kappa shape index (κ2) is 9.70. The van der Waals surface area contributed by atoms with Crippen LogP contribution in [0.25, 0.3) is 10.8 Å². The Kier molecular flexibility index (Phi) is 6.86. The quantitative estimate of drug-likeness (QED) is 0.353. The molecule has 0 fully saturated rings. The number of aromatic nitrogens is 2. The lowest BCUT2D eigenvalue weighted by Crippen LogP contribution is -2.32. The number of fused-ring (bicyclic) bond motifs is 1. The summed E-state index contributed by atoms with van der Waals surface area (Å²) in [5, 5.41) is 15.9.